The van der Waals surface area contributed by atoms with Crippen molar-refractivity contribution in [1.82, 2.24) is 0 Å². The van der Waals surface area contributed by atoms with Crippen molar-refractivity contribution in [2.45, 2.75) is 212 Å². The van der Waals surface area contributed by atoms with Gasteiger partial charge in [-0.1, -0.05) is 197 Å². The number of carbonyl (C=O) groups is 2. The van der Waals surface area contributed by atoms with Crippen LogP contribution in [-0.4, -0.2) is 81.6 Å². The number of aliphatic hydroxyl groups is 2. The Morgan fingerprint density at radius 1 is 0.545 bits per heavy atom. The van der Waals surface area contributed by atoms with E-state index in [1.165, 1.54) is 96.3 Å². The summed E-state index contributed by atoms with van der Waals surface area (Å²) in [6.45, 7) is 3.86. The molecule has 4 atom stereocenters. The molecule has 0 amide bonds. The zero-order valence-electron chi connectivity index (χ0n) is 40.8. The normalized spacial score (nSPS) is 14.9. The molecule has 0 saturated carbocycles. The van der Waals surface area contributed by atoms with Gasteiger partial charge in [-0.3, -0.25) is 23.2 Å². The molecule has 0 heterocycles. The van der Waals surface area contributed by atoms with Gasteiger partial charge in [-0.05, 0) is 50.9 Å². The van der Waals surface area contributed by atoms with Crippen LogP contribution in [0.3, 0.4) is 0 Å². The Kier molecular flexibility index (Phi) is 42.5. The van der Waals surface area contributed by atoms with Gasteiger partial charge in [0, 0.05) is 12.8 Å². The molecule has 0 fully saturated rings. The number of ether oxygens (including phenoxy) is 2. The summed E-state index contributed by atoms with van der Waals surface area (Å²) in [5.74, 6) is -0.306. The van der Waals surface area contributed by atoms with Crippen LogP contribution < -0.4 is 0 Å². The number of allylic oxidation sites excluding steroid dienone is 8. The number of unbranched alkanes of at least 4 members (excludes halogenated alkanes) is 18. The van der Waals surface area contributed by atoms with E-state index in [0.717, 1.165) is 38.0 Å². The number of carbonyl (C=O) groups excluding carboxylic acids is 2. The first-order valence-corrected chi connectivity index (χ1v) is 28.0. The SMILES string of the molecule is CC/C=C\C/C=C\CC(O)/C=C/C=C\C/C=C\CCCC(=O)O[C@H](COC(=O)CCCCCCCCCCCCCCCCCCCCC(C)C)COP(=O)(O)OC[C@@H](O)COP(=O)(O)O. The monoisotopic (exact) mass is 977 g/mol. The second-order valence-electron chi connectivity index (χ2n) is 17.4. The minimum atomic E-state index is -4.88. The first-order chi connectivity index (χ1) is 31.6. The molecule has 2 unspecified atom stereocenters. The zero-order valence-corrected chi connectivity index (χ0v) is 42.6. The molecule has 0 aliphatic heterocycles. The van der Waals surface area contributed by atoms with Gasteiger partial charge in [-0.15, -0.1) is 0 Å². The summed E-state index contributed by atoms with van der Waals surface area (Å²) in [4.78, 5) is 52.9. The van der Waals surface area contributed by atoms with E-state index in [-0.39, 0.29) is 12.8 Å². The fourth-order valence-electron chi connectivity index (χ4n) is 6.65. The predicted octanol–water partition coefficient (Wildman–Crippen LogP) is 12.4. The molecule has 0 aliphatic rings. The lowest BCUT2D eigenvalue weighted by Crippen LogP contribution is -2.29. The molecule has 0 aliphatic carbocycles. The average Bonchev–Trinajstić information content (AvgIpc) is 3.26. The van der Waals surface area contributed by atoms with Crippen LogP contribution in [0.2, 0.25) is 0 Å². The Balaban J connectivity index is 4.52. The van der Waals surface area contributed by atoms with E-state index in [0.29, 0.717) is 32.1 Å². The van der Waals surface area contributed by atoms with Gasteiger partial charge < -0.3 is 34.4 Å². The molecular formula is C50H90O14P2. The van der Waals surface area contributed by atoms with Crippen molar-refractivity contribution < 1.29 is 66.7 Å². The number of phosphoric ester groups is 2. The molecule has 0 radical (unpaired) electrons. The lowest BCUT2D eigenvalue weighted by Gasteiger charge is -2.20. The Labute approximate surface area is 398 Å². The first-order valence-electron chi connectivity index (χ1n) is 24.9. The summed E-state index contributed by atoms with van der Waals surface area (Å²) in [6, 6.07) is 0. The molecule has 0 saturated heterocycles. The molecule has 14 nitrogen and oxygen atoms in total. The Morgan fingerprint density at radius 3 is 1.62 bits per heavy atom. The number of esters is 2. The van der Waals surface area contributed by atoms with Crippen LogP contribution in [0.4, 0.5) is 0 Å². The van der Waals surface area contributed by atoms with Crippen LogP contribution in [0, 0.1) is 5.92 Å². The lowest BCUT2D eigenvalue weighted by molar-refractivity contribution is -0.161. The van der Waals surface area contributed by atoms with Crippen molar-refractivity contribution in [3.8, 4) is 0 Å². The van der Waals surface area contributed by atoms with Gasteiger partial charge in [0.1, 0.15) is 12.7 Å². The van der Waals surface area contributed by atoms with Crippen molar-refractivity contribution in [2.24, 2.45) is 5.92 Å². The van der Waals surface area contributed by atoms with Crippen LogP contribution >= 0.6 is 15.6 Å². The highest BCUT2D eigenvalue weighted by Crippen LogP contribution is 2.44. The average molecular weight is 977 g/mol. The number of aliphatic hydroxyl groups excluding tert-OH is 2. The summed E-state index contributed by atoms with van der Waals surface area (Å²) < 4.78 is 47.8. The zero-order chi connectivity index (χ0) is 49.0. The topological polar surface area (TPSA) is 216 Å². The molecule has 66 heavy (non-hydrogen) atoms. The summed E-state index contributed by atoms with van der Waals surface area (Å²) in [5.41, 5.74) is 0. The summed E-state index contributed by atoms with van der Waals surface area (Å²) in [6.07, 6.45) is 43.9. The van der Waals surface area contributed by atoms with E-state index in [4.69, 9.17) is 23.8 Å². The van der Waals surface area contributed by atoms with Crippen molar-refractivity contribution in [3.05, 3.63) is 60.8 Å². The van der Waals surface area contributed by atoms with Gasteiger partial charge in [0.25, 0.3) is 0 Å². The molecule has 0 bridgehead atoms. The van der Waals surface area contributed by atoms with Crippen LogP contribution in [0.25, 0.3) is 0 Å². The van der Waals surface area contributed by atoms with Crippen molar-refractivity contribution >= 4 is 27.6 Å². The number of hydrogen-bond donors (Lipinski definition) is 5. The Bertz CT molecular complexity index is 1420. The largest absolute Gasteiger partial charge is 0.472 e. The predicted molar refractivity (Wildman–Crippen MR) is 263 cm³/mol. The van der Waals surface area contributed by atoms with Crippen LogP contribution in [0.1, 0.15) is 194 Å². The van der Waals surface area contributed by atoms with Gasteiger partial charge >= 0.3 is 27.6 Å². The van der Waals surface area contributed by atoms with E-state index >= 15 is 0 Å². The second kappa shape index (κ2) is 44.0. The lowest BCUT2D eigenvalue weighted by atomic mass is 10.0. The standard InChI is InChI=1S/C50H90O14P2/c1-4-5-6-7-27-32-37-46(51)38-33-28-23-20-21-25-30-35-40-50(54)64-48(44-63-66(58,59)62-42-47(52)41-61-65(55,56)57)43-60-49(53)39-34-29-24-19-17-15-13-11-9-8-10-12-14-16-18-22-26-31-36-45(2)3/h5-6,21,23,25,27-28,32-33,38,45-48,51-52H,4,7-20,22,24,26,29-31,34-37,39-44H2,1-3H3,(H,58,59)(H2,55,56,57)/b6-5-,25-21-,28-23-,32-27-,38-33+/t46?,47-,48+/m0/s1. The van der Waals surface area contributed by atoms with E-state index in [2.05, 4.69) is 42.0 Å². The second-order valence-corrected chi connectivity index (χ2v) is 20.1. The van der Waals surface area contributed by atoms with Gasteiger partial charge in [-0.2, -0.15) is 0 Å². The molecule has 384 valence electrons. The maximum Gasteiger partial charge on any atom is 0.472 e. The molecule has 0 aromatic heterocycles. The fraction of sp³-hybridized carbons (Fsp3) is 0.760. The summed E-state index contributed by atoms with van der Waals surface area (Å²) >= 11 is 0. The van der Waals surface area contributed by atoms with E-state index in [9.17, 15) is 33.8 Å². The summed E-state index contributed by atoms with van der Waals surface area (Å²) in [7, 11) is -9.73. The highest BCUT2D eigenvalue weighted by atomic mass is 31.2. The number of rotatable bonds is 46. The summed E-state index contributed by atoms with van der Waals surface area (Å²) in [5, 5.41) is 19.8. The third-order valence-corrected chi connectivity index (χ3v) is 11.9. The van der Waals surface area contributed by atoms with Gasteiger partial charge in [-0.25, -0.2) is 9.13 Å². The molecule has 0 rings (SSSR count). The smallest absolute Gasteiger partial charge is 0.462 e. The Morgan fingerprint density at radius 2 is 1.05 bits per heavy atom. The minimum absolute atomic E-state index is 0.0205. The van der Waals surface area contributed by atoms with Crippen LogP contribution in [0.5, 0.6) is 0 Å². The number of phosphoric acid groups is 2. The van der Waals surface area contributed by atoms with Crippen LogP contribution in [-0.2, 0) is 41.8 Å². The highest BCUT2D eigenvalue weighted by molar-refractivity contribution is 7.47. The van der Waals surface area contributed by atoms with E-state index in [1.807, 2.05) is 36.5 Å². The molecule has 0 aromatic rings. The van der Waals surface area contributed by atoms with Gasteiger partial charge in [0.2, 0.25) is 0 Å². The molecular weight excluding hydrogens is 886 g/mol. The third-order valence-electron chi connectivity index (χ3n) is 10.4. The van der Waals surface area contributed by atoms with Crippen molar-refractivity contribution in [1.29, 1.82) is 0 Å². The highest BCUT2D eigenvalue weighted by Gasteiger charge is 2.28. The maximum absolute atomic E-state index is 12.7. The van der Waals surface area contributed by atoms with Gasteiger partial charge in [0.15, 0.2) is 6.10 Å². The molecule has 16 heteroatoms. The third kappa shape index (κ3) is 48.2. The quantitative estimate of drug-likeness (QED) is 0.0126. The minimum Gasteiger partial charge on any atom is -0.462 e. The Hall–Kier alpha value is -2.22. The molecule has 0 aromatic carbocycles. The van der Waals surface area contributed by atoms with E-state index < -0.39 is 72.3 Å². The van der Waals surface area contributed by atoms with Crippen LogP contribution in [0.15, 0.2) is 60.8 Å². The van der Waals surface area contributed by atoms with Gasteiger partial charge in [0.05, 0.1) is 25.9 Å². The van der Waals surface area contributed by atoms with Crippen molar-refractivity contribution in [3.63, 3.8) is 0 Å². The van der Waals surface area contributed by atoms with E-state index in [1.54, 1.807) is 12.2 Å². The number of hydrogen-bond acceptors (Lipinski definition) is 11. The van der Waals surface area contributed by atoms with Crippen molar-refractivity contribution in [2.75, 3.05) is 26.4 Å². The fourth-order valence-corrected chi connectivity index (χ4v) is 7.81. The maximum atomic E-state index is 12.7. The first kappa shape index (κ1) is 63.8. The molecule has 5 N–H and O–H groups in total. The molecule has 0 spiro atoms.